The number of aromatic nitrogens is 2. The molecule has 2 aromatic heterocycles. The van der Waals surface area contributed by atoms with Gasteiger partial charge in [0.2, 0.25) is 0 Å². The van der Waals surface area contributed by atoms with E-state index in [4.69, 9.17) is 4.42 Å². The SMILES string of the molecule is Cc1nc2ccc(-c3ccco3)cc2nc1C. The maximum atomic E-state index is 5.37. The van der Waals surface area contributed by atoms with E-state index in [9.17, 15) is 0 Å². The lowest BCUT2D eigenvalue weighted by atomic mass is 10.1. The average Bonchev–Trinajstić information content (AvgIpc) is 2.83. The Hall–Kier alpha value is -2.16. The highest BCUT2D eigenvalue weighted by Gasteiger charge is 2.05. The van der Waals surface area contributed by atoms with Crippen molar-refractivity contribution in [2.45, 2.75) is 13.8 Å². The molecular formula is C14H12N2O. The molecule has 0 atom stereocenters. The summed E-state index contributed by atoms with van der Waals surface area (Å²) in [5, 5.41) is 0. The normalized spacial score (nSPS) is 10.9. The number of hydrogen-bond acceptors (Lipinski definition) is 3. The van der Waals surface area contributed by atoms with Gasteiger partial charge >= 0.3 is 0 Å². The molecule has 0 aliphatic carbocycles. The van der Waals surface area contributed by atoms with Gasteiger partial charge in [-0.25, -0.2) is 9.97 Å². The van der Waals surface area contributed by atoms with Gasteiger partial charge in [0, 0.05) is 5.56 Å². The quantitative estimate of drug-likeness (QED) is 0.635. The number of benzene rings is 1. The maximum absolute atomic E-state index is 5.37. The van der Waals surface area contributed by atoms with Crippen LogP contribution in [-0.4, -0.2) is 9.97 Å². The summed E-state index contributed by atoms with van der Waals surface area (Å²) in [6.45, 7) is 3.95. The molecular weight excluding hydrogens is 212 g/mol. The van der Waals surface area contributed by atoms with Gasteiger partial charge < -0.3 is 4.42 Å². The lowest BCUT2D eigenvalue weighted by Gasteiger charge is -2.03. The molecule has 0 radical (unpaired) electrons. The van der Waals surface area contributed by atoms with Crippen LogP contribution >= 0.6 is 0 Å². The molecule has 84 valence electrons. The molecule has 0 saturated carbocycles. The zero-order valence-electron chi connectivity index (χ0n) is 9.77. The molecule has 0 saturated heterocycles. The van der Waals surface area contributed by atoms with Crippen molar-refractivity contribution in [2.24, 2.45) is 0 Å². The molecule has 3 heteroatoms. The van der Waals surface area contributed by atoms with Crippen molar-refractivity contribution in [3.63, 3.8) is 0 Å². The summed E-state index contributed by atoms with van der Waals surface area (Å²) in [7, 11) is 0. The van der Waals surface area contributed by atoms with Crippen LogP contribution in [0.3, 0.4) is 0 Å². The van der Waals surface area contributed by atoms with E-state index in [0.717, 1.165) is 33.7 Å². The molecule has 3 rings (SSSR count). The Labute approximate surface area is 99.1 Å². The van der Waals surface area contributed by atoms with Crippen LogP contribution in [0.5, 0.6) is 0 Å². The van der Waals surface area contributed by atoms with Crippen LogP contribution in [0.15, 0.2) is 41.0 Å². The minimum Gasteiger partial charge on any atom is -0.464 e. The predicted octanol–water partition coefficient (Wildman–Crippen LogP) is 3.51. The molecule has 0 aliphatic heterocycles. The van der Waals surface area contributed by atoms with Crippen molar-refractivity contribution in [1.29, 1.82) is 0 Å². The molecule has 0 spiro atoms. The van der Waals surface area contributed by atoms with Gasteiger partial charge in [0.05, 0.1) is 28.7 Å². The Morgan fingerprint density at radius 2 is 1.71 bits per heavy atom. The number of fused-ring (bicyclic) bond motifs is 1. The zero-order chi connectivity index (χ0) is 11.8. The molecule has 0 bridgehead atoms. The molecule has 0 unspecified atom stereocenters. The summed E-state index contributed by atoms with van der Waals surface area (Å²) in [5.74, 6) is 0.854. The second-order valence-corrected chi connectivity index (χ2v) is 4.08. The van der Waals surface area contributed by atoms with Crippen LogP contribution < -0.4 is 0 Å². The van der Waals surface area contributed by atoms with E-state index in [1.807, 2.05) is 44.2 Å². The summed E-state index contributed by atoms with van der Waals surface area (Å²) in [4.78, 5) is 9.05. The Kier molecular flexibility index (Phi) is 2.18. The largest absolute Gasteiger partial charge is 0.464 e. The highest BCUT2D eigenvalue weighted by Crippen LogP contribution is 2.23. The van der Waals surface area contributed by atoms with Gasteiger partial charge in [-0.1, -0.05) is 0 Å². The first kappa shape index (κ1) is 10.0. The van der Waals surface area contributed by atoms with Crippen LogP contribution in [0.1, 0.15) is 11.4 Å². The minimum atomic E-state index is 0.854. The van der Waals surface area contributed by atoms with Gasteiger partial charge in [-0.15, -0.1) is 0 Å². The topological polar surface area (TPSA) is 38.9 Å². The van der Waals surface area contributed by atoms with E-state index in [-0.39, 0.29) is 0 Å². The van der Waals surface area contributed by atoms with E-state index in [1.165, 1.54) is 0 Å². The van der Waals surface area contributed by atoms with Crippen molar-refractivity contribution in [2.75, 3.05) is 0 Å². The molecule has 1 aromatic carbocycles. The summed E-state index contributed by atoms with van der Waals surface area (Å²) in [6, 6.07) is 9.81. The number of rotatable bonds is 1. The van der Waals surface area contributed by atoms with Crippen molar-refractivity contribution >= 4 is 11.0 Å². The molecule has 0 N–H and O–H groups in total. The third kappa shape index (κ3) is 1.69. The number of nitrogens with zero attached hydrogens (tertiary/aromatic N) is 2. The highest BCUT2D eigenvalue weighted by atomic mass is 16.3. The molecule has 0 aliphatic rings. The number of aryl methyl sites for hydroxylation is 2. The van der Waals surface area contributed by atoms with Crippen molar-refractivity contribution in [3.05, 3.63) is 48.0 Å². The lowest BCUT2D eigenvalue weighted by Crippen LogP contribution is -1.93. The monoisotopic (exact) mass is 224 g/mol. The van der Waals surface area contributed by atoms with Gasteiger partial charge in [-0.3, -0.25) is 0 Å². The molecule has 2 heterocycles. The predicted molar refractivity (Wildman–Crippen MR) is 66.7 cm³/mol. The van der Waals surface area contributed by atoms with Crippen LogP contribution in [0, 0.1) is 13.8 Å². The first-order chi connectivity index (χ1) is 8.24. The minimum absolute atomic E-state index is 0.854. The van der Waals surface area contributed by atoms with E-state index < -0.39 is 0 Å². The van der Waals surface area contributed by atoms with E-state index in [0.29, 0.717) is 0 Å². The van der Waals surface area contributed by atoms with E-state index in [1.54, 1.807) is 6.26 Å². The van der Waals surface area contributed by atoms with Crippen LogP contribution in [0.4, 0.5) is 0 Å². The average molecular weight is 224 g/mol. The Balaban J connectivity index is 2.22. The third-order valence-electron chi connectivity index (χ3n) is 2.88. The lowest BCUT2D eigenvalue weighted by molar-refractivity contribution is 0.582. The standard InChI is InChI=1S/C14H12N2O/c1-9-10(2)16-13-8-11(5-6-12(13)15-9)14-4-3-7-17-14/h3-8H,1-2H3. The first-order valence-electron chi connectivity index (χ1n) is 5.53. The van der Waals surface area contributed by atoms with Gasteiger partial charge in [-0.2, -0.15) is 0 Å². The van der Waals surface area contributed by atoms with Crippen LogP contribution in [0.2, 0.25) is 0 Å². The summed E-state index contributed by atoms with van der Waals surface area (Å²) in [6.07, 6.45) is 1.67. The van der Waals surface area contributed by atoms with Gasteiger partial charge in [0.25, 0.3) is 0 Å². The first-order valence-corrected chi connectivity index (χ1v) is 5.53. The van der Waals surface area contributed by atoms with Crippen LogP contribution in [-0.2, 0) is 0 Å². The highest BCUT2D eigenvalue weighted by molar-refractivity contribution is 5.80. The molecule has 3 aromatic rings. The number of furan rings is 1. The van der Waals surface area contributed by atoms with Crippen LogP contribution in [0.25, 0.3) is 22.4 Å². The maximum Gasteiger partial charge on any atom is 0.133 e. The van der Waals surface area contributed by atoms with Gasteiger partial charge in [0.15, 0.2) is 0 Å². The van der Waals surface area contributed by atoms with Gasteiger partial charge in [0.1, 0.15) is 5.76 Å². The summed E-state index contributed by atoms with van der Waals surface area (Å²) >= 11 is 0. The van der Waals surface area contributed by atoms with Gasteiger partial charge in [-0.05, 0) is 44.2 Å². The Bertz CT molecular complexity index is 672. The fourth-order valence-corrected chi connectivity index (χ4v) is 1.83. The van der Waals surface area contributed by atoms with Crippen molar-refractivity contribution in [1.82, 2.24) is 9.97 Å². The molecule has 17 heavy (non-hydrogen) atoms. The molecule has 0 fully saturated rings. The van der Waals surface area contributed by atoms with Crippen molar-refractivity contribution in [3.8, 4) is 11.3 Å². The van der Waals surface area contributed by atoms with E-state index >= 15 is 0 Å². The fraction of sp³-hybridized carbons (Fsp3) is 0.143. The second-order valence-electron chi connectivity index (χ2n) is 4.08. The Morgan fingerprint density at radius 3 is 2.41 bits per heavy atom. The smallest absolute Gasteiger partial charge is 0.133 e. The molecule has 0 amide bonds. The second kappa shape index (κ2) is 3.70. The Morgan fingerprint density at radius 1 is 0.941 bits per heavy atom. The van der Waals surface area contributed by atoms with E-state index in [2.05, 4.69) is 9.97 Å². The zero-order valence-corrected chi connectivity index (χ0v) is 9.77. The molecule has 3 nitrogen and oxygen atoms in total. The number of hydrogen-bond donors (Lipinski definition) is 0. The summed E-state index contributed by atoms with van der Waals surface area (Å²) in [5.41, 5.74) is 4.79. The third-order valence-corrected chi connectivity index (χ3v) is 2.88. The summed E-state index contributed by atoms with van der Waals surface area (Å²) < 4.78 is 5.37. The fourth-order valence-electron chi connectivity index (χ4n) is 1.83. The van der Waals surface area contributed by atoms with Crippen molar-refractivity contribution < 1.29 is 4.42 Å².